The van der Waals surface area contributed by atoms with Crippen molar-refractivity contribution in [3.63, 3.8) is 0 Å². The minimum absolute atomic E-state index is 0.383. The first-order valence-corrected chi connectivity index (χ1v) is 8.51. The van der Waals surface area contributed by atoms with Crippen molar-refractivity contribution >= 4 is 11.8 Å². The molecule has 24 heavy (non-hydrogen) atoms. The molecule has 3 heterocycles. The first kappa shape index (κ1) is 16.6. The third-order valence-corrected chi connectivity index (χ3v) is 4.45. The van der Waals surface area contributed by atoms with Gasteiger partial charge in [-0.3, -0.25) is 9.88 Å². The van der Waals surface area contributed by atoms with Gasteiger partial charge in [0.2, 0.25) is 5.95 Å². The molecule has 1 aliphatic rings. The Morgan fingerprint density at radius 3 is 2.92 bits per heavy atom. The fraction of sp³-hybridized carbons (Fsp3) is 0.500. The Labute approximate surface area is 143 Å². The van der Waals surface area contributed by atoms with Gasteiger partial charge in [0.15, 0.2) is 0 Å². The van der Waals surface area contributed by atoms with Crippen LogP contribution >= 0.6 is 0 Å². The first-order valence-electron chi connectivity index (χ1n) is 8.51. The number of aromatic nitrogens is 3. The molecule has 3 rings (SSSR count). The summed E-state index contributed by atoms with van der Waals surface area (Å²) in [5.41, 5.74) is 2.43. The summed E-state index contributed by atoms with van der Waals surface area (Å²) in [5, 5.41) is 3.50. The van der Waals surface area contributed by atoms with Crippen molar-refractivity contribution in [3.8, 4) is 0 Å². The van der Waals surface area contributed by atoms with Crippen LogP contribution in [-0.4, -0.2) is 53.1 Å². The van der Waals surface area contributed by atoms with Gasteiger partial charge in [0, 0.05) is 51.3 Å². The summed E-state index contributed by atoms with van der Waals surface area (Å²) in [7, 11) is 3.98. The van der Waals surface area contributed by atoms with Crippen molar-refractivity contribution in [3.05, 3.63) is 41.9 Å². The van der Waals surface area contributed by atoms with E-state index in [1.165, 1.54) is 12.0 Å². The number of aryl methyl sites for hydroxylation is 1. The monoisotopic (exact) mass is 326 g/mol. The summed E-state index contributed by atoms with van der Waals surface area (Å²) >= 11 is 0. The van der Waals surface area contributed by atoms with Crippen LogP contribution in [0.15, 0.2) is 30.6 Å². The lowest BCUT2D eigenvalue weighted by Crippen LogP contribution is -2.42. The molecule has 128 valence electrons. The minimum Gasteiger partial charge on any atom is -0.363 e. The van der Waals surface area contributed by atoms with E-state index >= 15 is 0 Å². The number of pyridine rings is 1. The number of nitrogens with zero attached hydrogens (tertiary/aromatic N) is 5. The Morgan fingerprint density at radius 2 is 2.12 bits per heavy atom. The predicted molar refractivity (Wildman–Crippen MR) is 97.3 cm³/mol. The second kappa shape index (κ2) is 7.57. The molecule has 0 radical (unpaired) electrons. The van der Waals surface area contributed by atoms with E-state index in [9.17, 15) is 0 Å². The maximum absolute atomic E-state index is 4.56. The molecule has 2 aromatic rings. The van der Waals surface area contributed by atoms with Gasteiger partial charge >= 0.3 is 0 Å². The van der Waals surface area contributed by atoms with Gasteiger partial charge in [0.1, 0.15) is 5.82 Å². The summed E-state index contributed by atoms with van der Waals surface area (Å²) < 4.78 is 0. The Morgan fingerprint density at radius 1 is 1.25 bits per heavy atom. The highest BCUT2D eigenvalue weighted by molar-refractivity contribution is 5.41. The predicted octanol–water partition coefficient (Wildman–Crippen LogP) is 2.32. The van der Waals surface area contributed by atoms with Gasteiger partial charge in [-0.15, -0.1) is 0 Å². The third-order valence-electron chi connectivity index (χ3n) is 4.45. The van der Waals surface area contributed by atoms with Gasteiger partial charge in [0.05, 0.1) is 0 Å². The Kier molecular flexibility index (Phi) is 5.25. The molecule has 1 atom stereocenters. The highest BCUT2D eigenvalue weighted by Crippen LogP contribution is 2.18. The Balaban J connectivity index is 1.61. The molecule has 2 aromatic heterocycles. The van der Waals surface area contributed by atoms with Crippen molar-refractivity contribution < 1.29 is 0 Å². The molecule has 0 spiro atoms. The summed E-state index contributed by atoms with van der Waals surface area (Å²) in [5.74, 6) is 1.64. The van der Waals surface area contributed by atoms with E-state index in [2.05, 4.69) is 38.2 Å². The van der Waals surface area contributed by atoms with Gasteiger partial charge in [-0.2, -0.15) is 4.98 Å². The summed E-state index contributed by atoms with van der Waals surface area (Å²) in [4.78, 5) is 17.8. The molecule has 1 fully saturated rings. The highest BCUT2D eigenvalue weighted by Gasteiger charge is 2.21. The van der Waals surface area contributed by atoms with Crippen molar-refractivity contribution in [1.82, 2.24) is 19.9 Å². The molecule has 0 saturated carbocycles. The number of anilines is 2. The molecular weight excluding hydrogens is 300 g/mol. The van der Waals surface area contributed by atoms with Crippen LogP contribution < -0.4 is 10.2 Å². The molecule has 6 heteroatoms. The van der Waals surface area contributed by atoms with E-state index in [1.807, 2.05) is 43.5 Å². The van der Waals surface area contributed by atoms with Gasteiger partial charge in [-0.25, -0.2) is 4.98 Å². The quantitative estimate of drug-likeness (QED) is 0.910. The zero-order chi connectivity index (χ0) is 16.9. The van der Waals surface area contributed by atoms with Crippen LogP contribution in [0.5, 0.6) is 0 Å². The van der Waals surface area contributed by atoms with Crippen LogP contribution in [0.4, 0.5) is 11.8 Å². The fourth-order valence-corrected chi connectivity index (χ4v) is 3.09. The van der Waals surface area contributed by atoms with Crippen LogP contribution in [0.25, 0.3) is 0 Å². The van der Waals surface area contributed by atoms with Gasteiger partial charge in [0.25, 0.3) is 0 Å². The zero-order valence-corrected chi connectivity index (χ0v) is 14.7. The maximum atomic E-state index is 4.56. The molecule has 0 amide bonds. The van der Waals surface area contributed by atoms with Crippen molar-refractivity contribution in [2.45, 2.75) is 32.4 Å². The van der Waals surface area contributed by atoms with E-state index in [0.717, 1.165) is 37.6 Å². The molecule has 0 aromatic carbocycles. The number of hydrogen-bond acceptors (Lipinski definition) is 6. The van der Waals surface area contributed by atoms with Gasteiger partial charge in [-0.05, 0) is 44.0 Å². The Bertz CT molecular complexity index is 672. The Hall–Kier alpha value is -2.21. The summed E-state index contributed by atoms with van der Waals surface area (Å²) in [6.45, 7) is 5.17. The van der Waals surface area contributed by atoms with Crippen LogP contribution in [0.3, 0.4) is 0 Å². The lowest BCUT2D eigenvalue weighted by molar-refractivity contribution is 0.207. The summed E-state index contributed by atoms with van der Waals surface area (Å²) in [6.07, 6.45) is 6.00. The molecular formula is C18H26N6. The summed E-state index contributed by atoms with van der Waals surface area (Å²) in [6, 6.07) is 6.49. The number of hydrogen-bond donors (Lipinski definition) is 1. The second-order valence-corrected chi connectivity index (χ2v) is 6.60. The van der Waals surface area contributed by atoms with Crippen molar-refractivity contribution in [2.75, 3.05) is 37.4 Å². The standard InChI is InChI=1S/C18H26N6/c1-14-15(6-4-9-19-14)12-24-11-5-7-16(13-24)21-18-20-10-8-17(22-18)23(2)3/h4,6,8-10,16H,5,7,11-13H2,1-3H3,(H,20,21,22). The van der Waals surface area contributed by atoms with E-state index in [-0.39, 0.29) is 0 Å². The fourth-order valence-electron chi connectivity index (χ4n) is 3.09. The normalized spacial score (nSPS) is 18.4. The topological polar surface area (TPSA) is 57.2 Å². The lowest BCUT2D eigenvalue weighted by atomic mass is 10.0. The van der Waals surface area contributed by atoms with Crippen LogP contribution in [0, 0.1) is 6.92 Å². The molecule has 0 aliphatic carbocycles. The smallest absolute Gasteiger partial charge is 0.224 e. The molecule has 1 unspecified atom stereocenters. The SMILES string of the molecule is Cc1ncccc1CN1CCCC(Nc2nccc(N(C)C)n2)C1. The largest absolute Gasteiger partial charge is 0.363 e. The van der Waals surface area contributed by atoms with E-state index < -0.39 is 0 Å². The second-order valence-electron chi connectivity index (χ2n) is 6.60. The van der Waals surface area contributed by atoms with Gasteiger partial charge < -0.3 is 10.2 Å². The molecule has 1 N–H and O–H groups in total. The number of nitrogens with one attached hydrogen (secondary N) is 1. The highest BCUT2D eigenvalue weighted by atomic mass is 15.2. The van der Waals surface area contributed by atoms with E-state index in [0.29, 0.717) is 12.0 Å². The van der Waals surface area contributed by atoms with E-state index in [4.69, 9.17) is 0 Å². The van der Waals surface area contributed by atoms with Gasteiger partial charge in [-0.1, -0.05) is 6.07 Å². The van der Waals surface area contributed by atoms with E-state index in [1.54, 1.807) is 0 Å². The molecule has 6 nitrogen and oxygen atoms in total. The van der Waals surface area contributed by atoms with Crippen LogP contribution in [0.1, 0.15) is 24.1 Å². The number of likely N-dealkylation sites (tertiary alicyclic amines) is 1. The first-order chi connectivity index (χ1) is 11.6. The maximum Gasteiger partial charge on any atom is 0.224 e. The number of piperidine rings is 1. The third kappa shape index (κ3) is 4.20. The molecule has 1 saturated heterocycles. The average molecular weight is 326 g/mol. The number of rotatable bonds is 5. The van der Waals surface area contributed by atoms with Crippen LogP contribution in [0.2, 0.25) is 0 Å². The molecule has 1 aliphatic heterocycles. The van der Waals surface area contributed by atoms with Crippen molar-refractivity contribution in [1.29, 1.82) is 0 Å². The minimum atomic E-state index is 0.383. The van der Waals surface area contributed by atoms with Crippen LogP contribution in [-0.2, 0) is 6.54 Å². The zero-order valence-electron chi connectivity index (χ0n) is 14.7. The lowest BCUT2D eigenvalue weighted by Gasteiger charge is -2.33. The molecule has 0 bridgehead atoms. The average Bonchev–Trinajstić information content (AvgIpc) is 2.57. The van der Waals surface area contributed by atoms with Crippen molar-refractivity contribution in [2.24, 2.45) is 0 Å².